The number of amides is 2. The van der Waals surface area contributed by atoms with Crippen LogP contribution in [0.15, 0.2) is 42.5 Å². The first kappa shape index (κ1) is 18.5. The van der Waals surface area contributed by atoms with Crippen LogP contribution in [0.25, 0.3) is 10.9 Å². The lowest BCUT2D eigenvalue weighted by Crippen LogP contribution is -2.41. The van der Waals surface area contributed by atoms with Crippen LogP contribution in [0.1, 0.15) is 28.9 Å². The number of H-pyrrole nitrogens is 1. The lowest BCUT2D eigenvalue weighted by Gasteiger charge is -2.31. The number of aromatic amines is 1. The number of nitrogens with zero attached hydrogens (tertiary/aromatic N) is 2. The van der Waals surface area contributed by atoms with Gasteiger partial charge in [0.15, 0.2) is 5.69 Å². The molecule has 1 aliphatic rings. The van der Waals surface area contributed by atoms with E-state index in [1.165, 1.54) is 0 Å². The van der Waals surface area contributed by atoms with E-state index in [4.69, 9.17) is 11.6 Å². The van der Waals surface area contributed by atoms with E-state index in [1.54, 1.807) is 17.0 Å². The van der Waals surface area contributed by atoms with Gasteiger partial charge in [0.1, 0.15) is 0 Å². The number of carbonyl (C=O) groups is 2. The SMILES string of the molecule is Cc1ccc(Cl)cc1NC(=O)C1CCN(C(=O)c2n[nH]c3ccccc23)CC1. The summed E-state index contributed by atoms with van der Waals surface area (Å²) in [6.45, 7) is 3.00. The number of hydrogen-bond acceptors (Lipinski definition) is 3. The molecule has 1 fully saturated rings. The van der Waals surface area contributed by atoms with Gasteiger partial charge < -0.3 is 10.2 Å². The monoisotopic (exact) mass is 396 g/mol. The van der Waals surface area contributed by atoms with Crippen molar-refractivity contribution in [3.8, 4) is 0 Å². The number of likely N-dealkylation sites (tertiary alicyclic amines) is 1. The van der Waals surface area contributed by atoms with Crippen LogP contribution in [0.5, 0.6) is 0 Å². The van der Waals surface area contributed by atoms with E-state index >= 15 is 0 Å². The van der Waals surface area contributed by atoms with E-state index in [2.05, 4.69) is 15.5 Å². The number of anilines is 1. The Morgan fingerprint density at radius 3 is 2.71 bits per heavy atom. The van der Waals surface area contributed by atoms with E-state index in [-0.39, 0.29) is 17.7 Å². The highest BCUT2D eigenvalue weighted by Gasteiger charge is 2.29. The summed E-state index contributed by atoms with van der Waals surface area (Å²) in [6.07, 6.45) is 1.25. The highest BCUT2D eigenvalue weighted by molar-refractivity contribution is 6.31. The van der Waals surface area contributed by atoms with Crippen LogP contribution in [-0.4, -0.2) is 40.0 Å². The molecule has 28 heavy (non-hydrogen) atoms. The topological polar surface area (TPSA) is 78.1 Å². The predicted molar refractivity (Wildman–Crippen MR) is 110 cm³/mol. The van der Waals surface area contributed by atoms with Gasteiger partial charge >= 0.3 is 0 Å². The third kappa shape index (κ3) is 3.60. The van der Waals surface area contributed by atoms with Crippen LogP contribution in [0.3, 0.4) is 0 Å². The van der Waals surface area contributed by atoms with Crippen molar-refractivity contribution in [1.29, 1.82) is 0 Å². The van der Waals surface area contributed by atoms with Crippen molar-refractivity contribution >= 4 is 40.0 Å². The predicted octanol–water partition coefficient (Wildman–Crippen LogP) is 4.02. The van der Waals surface area contributed by atoms with Gasteiger partial charge in [0.25, 0.3) is 5.91 Å². The molecular formula is C21H21ClN4O2. The number of aryl methyl sites for hydroxylation is 1. The molecular weight excluding hydrogens is 376 g/mol. The zero-order valence-electron chi connectivity index (χ0n) is 15.5. The van der Waals surface area contributed by atoms with E-state index in [1.807, 2.05) is 37.3 Å². The Morgan fingerprint density at radius 1 is 1.18 bits per heavy atom. The second kappa shape index (κ2) is 7.64. The van der Waals surface area contributed by atoms with Crippen molar-refractivity contribution in [3.05, 3.63) is 58.7 Å². The number of aromatic nitrogens is 2. The van der Waals surface area contributed by atoms with Crippen LogP contribution in [-0.2, 0) is 4.79 Å². The highest BCUT2D eigenvalue weighted by atomic mass is 35.5. The molecule has 7 heteroatoms. The number of fused-ring (bicyclic) bond motifs is 1. The van der Waals surface area contributed by atoms with E-state index in [9.17, 15) is 9.59 Å². The molecule has 3 aromatic rings. The molecule has 1 saturated heterocycles. The summed E-state index contributed by atoms with van der Waals surface area (Å²) < 4.78 is 0. The second-order valence-corrected chi connectivity index (χ2v) is 7.57. The molecule has 2 heterocycles. The highest BCUT2D eigenvalue weighted by Crippen LogP contribution is 2.25. The van der Waals surface area contributed by atoms with Crippen LogP contribution in [0.4, 0.5) is 5.69 Å². The van der Waals surface area contributed by atoms with E-state index in [0.29, 0.717) is 36.6 Å². The van der Waals surface area contributed by atoms with Crippen LogP contribution in [0, 0.1) is 12.8 Å². The van der Waals surface area contributed by atoms with Gasteiger partial charge in [-0.2, -0.15) is 5.10 Å². The summed E-state index contributed by atoms with van der Waals surface area (Å²) >= 11 is 6.03. The van der Waals surface area contributed by atoms with Crippen LogP contribution >= 0.6 is 11.6 Å². The number of rotatable bonds is 3. The first-order valence-electron chi connectivity index (χ1n) is 9.32. The first-order valence-corrected chi connectivity index (χ1v) is 9.70. The van der Waals surface area contributed by atoms with Crippen molar-refractivity contribution in [2.45, 2.75) is 19.8 Å². The van der Waals surface area contributed by atoms with Gasteiger partial charge in [-0.05, 0) is 43.5 Å². The molecule has 0 aliphatic carbocycles. The first-order chi connectivity index (χ1) is 13.5. The molecule has 4 rings (SSSR count). The van der Waals surface area contributed by atoms with E-state index < -0.39 is 0 Å². The minimum absolute atomic E-state index is 0.0253. The zero-order chi connectivity index (χ0) is 19.7. The Kier molecular flexibility index (Phi) is 5.05. The Bertz CT molecular complexity index is 1040. The van der Waals surface area contributed by atoms with Crippen molar-refractivity contribution < 1.29 is 9.59 Å². The molecule has 0 unspecified atom stereocenters. The number of halogens is 1. The Labute approximate surface area is 167 Å². The van der Waals surface area contributed by atoms with Gasteiger partial charge in [0, 0.05) is 35.1 Å². The van der Waals surface area contributed by atoms with Crippen molar-refractivity contribution in [2.24, 2.45) is 5.92 Å². The van der Waals surface area contributed by atoms with Gasteiger partial charge in [0.05, 0.1) is 5.52 Å². The number of nitrogens with one attached hydrogen (secondary N) is 2. The fourth-order valence-corrected chi connectivity index (χ4v) is 3.76. The summed E-state index contributed by atoms with van der Waals surface area (Å²) in [5.74, 6) is -0.247. The smallest absolute Gasteiger partial charge is 0.274 e. The molecule has 0 bridgehead atoms. The third-order valence-electron chi connectivity index (χ3n) is 5.28. The third-order valence-corrected chi connectivity index (χ3v) is 5.52. The molecule has 6 nitrogen and oxygen atoms in total. The van der Waals surface area contributed by atoms with Gasteiger partial charge in [-0.25, -0.2) is 0 Å². The zero-order valence-corrected chi connectivity index (χ0v) is 16.3. The van der Waals surface area contributed by atoms with Gasteiger partial charge in [-0.3, -0.25) is 14.7 Å². The minimum atomic E-state index is -0.127. The van der Waals surface area contributed by atoms with Gasteiger partial charge in [-0.15, -0.1) is 0 Å². The van der Waals surface area contributed by atoms with Gasteiger partial charge in [-0.1, -0.05) is 35.9 Å². The van der Waals surface area contributed by atoms with E-state index in [0.717, 1.165) is 22.2 Å². The molecule has 0 spiro atoms. The number of carbonyl (C=O) groups excluding carboxylic acids is 2. The molecule has 0 atom stereocenters. The average Bonchev–Trinajstić information content (AvgIpc) is 3.14. The summed E-state index contributed by atoms with van der Waals surface area (Å²) in [5, 5.41) is 11.5. The molecule has 2 amide bonds. The number of hydrogen-bond donors (Lipinski definition) is 2. The normalized spacial score (nSPS) is 15.0. The molecule has 2 N–H and O–H groups in total. The molecule has 1 aliphatic heterocycles. The van der Waals surface area contributed by atoms with Crippen molar-refractivity contribution in [3.63, 3.8) is 0 Å². The summed E-state index contributed by atoms with van der Waals surface area (Å²) in [6, 6.07) is 13.0. The lowest BCUT2D eigenvalue weighted by atomic mass is 9.95. The maximum absolute atomic E-state index is 12.9. The molecule has 144 valence electrons. The average molecular weight is 397 g/mol. The largest absolute Gasteiger partial charge is 0.337 e. The van der Waals surface area contributed by atoms with Crippen molar-refractivity contribution in [1.82, 2.24) is 15.1 Å². The van der Waals surface area contributed by atoms with Gasteiger partial charge in [0.2, 0.25) is 5.91 Å². The fourth-order valence-electron chi connectivity index (χ4n) is 3.58. The standard InChI is InChI=1S/C21H21ClN4O2/c1-13-6-7-15(22)12-18(13)23-20(27)14-8-10-26(11-9-14)21(28)19-16-4-2-3-5-17(16)24-25-19/h2-7,12,14H,8-11H2,1H3,(H,23,27)(H,24,25). The number of piperidine rings is 1. The lowest BCUT2D eigenvalue weighted by molar-refractivity contribution is -0.121. The summed E-state index contributed by atoms with van der Waals surface area (Å²) in [5.41, 5.74) is 2.99. The summed E-state index contributed by atoms with van der Waals surface area (Å²) in [4.78, 5) is 27.3. The Hall–Kier alpha value is -2.86. The van der Waals surface area contributed by atoms with Crippen molar-refractivity contribution in [2.75, 3.05) is 18.4 Å². The van der Waals surface area contributed by atoms with Crippen LogP contribution < -0.4 is 5.32 Å². The Balaban J connectivity index is 1.39. The molecule has 0 radical (unpaired) electrons. The number of benzene rings is 2. The maximum atomic E-state index is 12.9. The summed E-state index contributed by atoms with van der Waals surface area (Å²) in [7, 11) is 0. The molecule has 2 aromatic carbocycles. The molecule has 1 aromatic heterocycles. The minimum Gasteiger partial charge on any atom is -0.337 e. The van der Waals surface area contributed by atoms with Crippen LogP contribution in [0.2, 0.25) is 5.02 Å². The molecule has 0 saturated carbocycles. The second-order valence-electron chi connectivity index (χ2n) is 7.13. The maximum Gasteiger partial charge on any atom is 0.274 e. The number of para-hydroxylation sites is 1. The quantitative estimate of drug-likeness (QED) is 0.702. The Morgan fingerprint density at radius 2 is 1.93 bits per heavy atom. The fraction of sp³-hybridized carbons (Fsp3) is 0.286.